The van der Waals surface area contributed by atoms with Crippen molar-refractivity contribution in [2.75, 3.05) is 12.8 Å². The number of anilines is 1. The van der Waals surface area contributed by atoms with Crippen molar-refractivity contribution in [3.63, 3.8) is 0 Å². The molecule has 0 bridgehead atoms. The fourth-order valence-electron chi connectivity index (χ4n) is 2.10. The molecule has 0 saturated carbocycles. The highest BCUT2D eigenvalue weighted by Gasteiger charge is 2.12. The number of nitrogen functional groups attached to an aromatic ring is 1. The molecule has 0 amide bonds. The van der Waals surface area contributed by atoms with Crippen LogP contribution in [0.5, 0.6) is 17.2 Å². The summed E-state index contributed by atoms with van der Waals surface area (Å²) in [5, 5.41) is 7.73. The average molecular weight is 350 g/mol. The molecule has 7 heteroatoms. The Morgan fingerprint density at radius 2 is 1.87 bits per heavy atom. The smallest absolute Gasteiger partial charge is 0.169 e. The zero-order chi connectivity index (χ0) is 16.4. The molecule has 0 fully saturated rings. The number of hydrogen-bond donors (Lipinski definition) is 2. The lowest BCUT2D eigenvalue weighted by Crippen LogP contribution is -1.93. The van der Waals surface area contributed by atoms with Crippen LogP contribution in [0.4, 0.5) is 5.69 Å². The molecule has 2 aromatic carbocycles. The maximum absolute atomic E-state index is 6.00. The van der Waals surface area contributed by atoms with Crippen LogP contribution in [0, 0.1) is 0 Å². The van der Waals surface area contributed by atoms with E-state index in [-0.39, 0.29) is 0 Å². The third-order valence-corrected chi connectivity index (χ3v) is 3.96. The van der Waals surface area contributed by atoms with Gasteiger partial charge < -0.3 is 15.2 Å². The van der Waals surface area contributed by atoms with Crippen molar-refractivity contribution < 1.29 is 9.47 Å². The summed E-state index contributed by atoms with van der Waals surface area (Å²) < 4.78 is 11.2. The zero-order valence-corrected chi connectivity index (χ0v) is 13.7. The van der Waals surface area contributed by atoms with Crippen molar-refractivity contribution in [1.29, 1.82) is 0 Å². The van der Waals surface area contributed by atoms with E-state index in [2.05, 4.69) is 10.2 Å². The van der Waals surface area contributed by atoms with E-state index < -0.39 is 0 Å². The second-order valence-corrected chi connectivity index (χ2v) is 5.55. The Morgan fingerprint density at radius 3 is 2.52 bits per heavy atom. The summed E-state index contributed by atoms with van der Waals surface area (Å²) in [6.07, 6.45) is 1.63. The zero-order valence-electron chi connectivity index (χ0n) is 12.1. The quantitative estimate of drug-likeness (QED) is 0.711. The molecule has 3 aromatic rings. The van der Waals surface area contributed by atoms with Gasteiger partial charge in [-0.3, -0.25) is 5.10 Å². The largest absolute Gasteiger partial charge is 0.493 e. The molecule has 23 heavy (non-hydrogen) atoms. The van der Waals surface area contributed by atoms with Gasteiger partial charge in [0.1, 0.15) is 11.4 Å². The van der Waals surface area contributed by atoms with Gasteiger partial charge in [-0.25, -0.2) is 0 Å². The first-order valence-corrected chi connectivity index (χ1v) is 7.44. The maximum Gasteiger partial charge on any atom is 0.169 e. The van der Waals surface area contributed by atoms with Crippen molar-refractivity contribution in [2.45, 2.75) is 0 Å². The number of H-pyrrole nitrogens is 1. The van der Waals surface area contributed by atoms with E-state index in [1.54, 1.807) is 43.6 Å². The van der Waals surface area contributed by atoms with E-state index in [1.807, 2.05) is 6.07 Å². The number of aromatic nitrogens is 2. The molecule has 1 aromatic heterocycles. The lowest BCUT2D eigenvalue weighted by atomic mass is 10.1. The van der Waals surface area contributed by atoms with Crippen molar-refractivity contribution in [2.24, 2.45) is 0 Å². The van der Waals surface area contributed by atoms with Crippen molar-refractivity contribution in [3.05, 3.63) is 52.6 Å². The molecule has 0 aliphatic rings. The molecule has 118 valence electrons. The van der Waals surface area contributed by atoms with Gasteiger partial charge in [0.15, 0.2) is 11.5 Å². The Bertz CT molecular complexity index is 849. The minimum Gasteiger partial charge on any atom is -0.493 e. The van der Waals surface area contributed by atoms with Gasteiger partial charge in [0.2, 0.25) is 0 Å². The van der Waals surface area contributed by atoms with Crippen LogP contribution < -0.4 is 15.2 Å². The molecular formula is C16H13Cl2N3O2. The molecule has 3 rings (SSSR count). The fourth-order valence-corrected chi connectivity index (χ4v) is 2.39. The highest BCUT2D eigenvalue weighted by molar-refractivity contribution is 6.42. The molecule has 3 N–H and O–H groups in total. The van der Waals surface area contributed by atoms with Gasteiger partial charge in [0.05, 0.1) is 22.8 Å². The monoisotopic (exact) mass is 349 g/mol. The van der Waals surface area contributed by atoms with Crippen LogP contribution in [0.3, 0.4) is 0 Å². The third-order valence-electron chi connectivity index (χ3n) is 3.23. The fraction of sp³-hybridized carbons (Fsp3) is 0.0625. The summed E-state index contributed by atoms with van der Waals surface area (Å²) in [5.74, 6) is 1.66. The average Bonchev–Trinajstić information content (AvgIpc) is 2.97. The number of rotatable bonds is 4. The van der Waals surface area contributed by atoms with Gasteiger partial charge in [-0.2, -0.15) is 5.10 Å². The van der Waals surface area contributed by atoms with Crippen LogP contribution >= 0.6 is 23.2 Å². The minimum absolute atomic E-state index is 0.420. The van der Waals surface area contributed by atoms with Crippen molar-refractivity contribution in [1.82, 2.24) is 10.2 Å². The molecule has 0 aliphatic carbocycles. The summed E-state index contributed by atoms with van der Waals surface area (Å²) >= 11 is 11.9. The maximum atomic E-state index is 6.00. The normalized spacial score (nSPS) is 10.6. The van der Waals surface area contributed by atoms with Gasteiger partial charge >= 0.3 is 0 Å². The van der Waals surface area contributed by atoms with Crippen LogP contribution in [0.2, 0.25) is 10.0 Å². The standard InChI is InChI=1S/C16H13Cl2N3O2/c1-22-15-6-9(16-13(19)8-20-21-16)2-5-14(15)23-10-3-4-11(17)12(18)7-10/h2-8H,19H2,1H3,(H,20,21). The first kappa shape index (κ1) is 15.5. The number of methoxy groups -OCH3 is 1. The summed E-state index contributed by atoms with van der Waals surface area (Å²) in [6, 6.07) is 10.5. The number of nitrogens with zero attached hydrogens (tertiary/aromatic N) is 1. The first-order chi connectivity index (χ1) is 11.1. The molecule has 0 atom stereocenters. The van der Waals surface area contributed by atoms with E-state index in [9.17, 15) is 0 Å². The van der Waals surface area contributed by atoms with E-state index in [0.717, 1.165) is 5.56 Å². The molecule has 0 unspecified atom stereocenters. The SMILES string of the molecule is COc1cc(-c2n[nH]cc2N)ccc1Oc1ccc(Cl)c(Cl)c1. The highest BCUT2D eigenvalue weighted by atomic mass is 35.5. The molecular weight excluding hydrogens is 337 g/mol. The van der Waals surface area contributed by atoms with E-state index in [0.29, 0.717) is 38.7 Å². The van der Waals surface area contributed by atoms with E-state index in [4.69, 9.17) is 38.4 Å². The molecule has 0 saturated heterocycles. The van der Waals surface area contributed by atoms with E-state index >= 15 is 0 Å². The van der Waals surface area contributed by atoms with Crippen LogP contribution in [0.25, 0.3) is 11.3 Å². The number of hydrogen-bond acceptors (Lipinski definition) is 4. The second-order valence-electron chi connectivity index (χ2n) is 4.73. The molecule has 0 spiro atoms. The Labute approximate surface area is 142 Å². The van der Waals surface area contributed by atoms with Crippen LogP contribution in [-0.4, -0.2) is 17.3 Å². The number of aromatic amines is 1. The molecule has 1 heterocycles. The second kappa shape index (κ2) is 6.40. The summed E-state index contributed by atoms with van der Waals surface area (Å²) in [5.41, 5.74) is 7.90. The predicted octanol–water partition coefficient (Wildman–Crippen LogP) is 4.77. The highest BCUT2D eigenvalue weighted by Crippen LogP contribution is 2.37. The topological polar surface area (TPSA) is 73.2 Å². The lowest BCUT2D eigenvalue weighted by molar-refractivity contribution is 0.379. The Kier molecular flexibility index (Phi) is 4.32. The summed E-state index contributed by atoms with van der Waals surface area (Å²) in [4.78, 5) is 0. The van der Waals surface area contributed by atoms with Crippen LogP contribution in [0.1, 0.15) is 0 Å². The lowest BCUT2D eigenvalue weighted by Gasteiger charge is -2.12. The van der Waals surface area contributed by atoms with Crippen LogP contribution in [-0.2, 0) is 0 Å². The number of ether oxygens (including phenoxy) is 2. The van der Waals surface area contributed by atoms with Crippen LogP contribution in [0.15, 0.2) is 42.6 Å². The molecule has 0 aliphatic heterocycles. The molecule has 5 nitrogen and oxygen atoms in total. The van der Waals surface area contributed by atoms with E-state index in [1.165, 1.54) is 0 Å². The van der Waals surface area contributed by atoms with Gasteiger partial charge in [-0.05, 0) is 30.3 Å². The number of nitrogens with one attached hydrogen (secondary N) is 1. The predicted molar refractivity (Wildman–Crippen MR) is 91.5 cm³/mol. The van der Waals surface area contributed by atoms with Crippen molar-refractivity contribution >= 4 is 28.9 Å². The number of benzene rings is 2. The third kappa shape index (κ3) is 3.21. The summed E-state index contributed by atoms with van der Waals surface area (Å²) in [6.45, 7) is 0. The van der Waals surface area contributed by atoms with Gasteiger partial charge in [-0.1, -0.05) is 23.2 Å². The Morgan fingerprint density at radius 1 is 1.04 bits per heavy atom. The summed E-state index contributed by atoms with van der Waals surface area (Å²) in [7, 11) is 1.56. The van der Waals surface area contributed by atoms with Gasteiger partial charge in [-0.15, -0.1) is 0 Å². The first-order valence-electron chi connectivity index (χ1n) is 6.69. The number of halogens is 2. The van der Waals surface area contributed by atoms with Gasteiger partial charge in [0, 0.05) is 17.8 Å². The Balaban J connectivity index is 1.93. The van der Waals surface area contributed by atoms with Gasteiger partial charge in [0.25, 0.3) is 0 Å². The minimum atomic E-state index is 0.420. The molecule has 0 radical (unpaired) electrons. The number of nitrogens with two attached hydrogens (primary N) is 1. The Hall–Kier alpha value is -2.37. The van der Waals surface area contributed by atoms with Crippen molar-refractivity contribution in [3.8, 4) is 28.5 Å².